The summed E-state index contributed by atoms with van der Waals surface area (Å²) in [4.78, 5) is 18.5. The van der Waals surface area contributed by atoms with Crippen LogP contribution in [0.2, 0.25) is 0 Å². The van der Waals surface area contributed by atoms with Gasteiger partial charge in [-0.25, -0.2) is 9.79 Å². The molecule has 0 saturated heterocycles. The van der Waals surface area contributed by atoms with Gasteiger partial charge in [0, 0.05) is 11.8 Å². The van der Waals surface area contributed by atoms with Gasteiger partial charge in [-0.2, -0.15) is 10.2 Å². The van der Waals surface area contributed by atoms with Crippen LogP contribution in [-0.4, -0.2) is 33.3 Å². The minimum Gasteiger partial charge on any atom is -0.443 e. The number of carbonyl (C=O) groups excluding carboxylic acids is 1. The van der Waals surface area contributed by atoms with Crippen LogP contribution in [-0.2, 0) is 4.74 Å². The standard InChI is InChI=1S/C15H16N4O2/c1-15(2,3)21-14(20)19-7-5-4-6-11-13(19)10-8-16-17-9-12(10)18-11/h4-6,8-9H,7H2,1-3H3. The Morgan fingerprint density at radius 3 is 2.81 bits per heavy atom. The molecule has 2 aliphatic rings. The van der Waals surface area contributed by atoms with Crippen molar-refractivity contribution in [1.82, 2.24) is 15.1 Å². The molecule has 3 heterocycles. The number of amides is 1. The summed E-state index contributed by atoms with van der Waals surface area (Å²) in [6.07, 6.45) is 8.48. The van der Waals surface area contributed by atoms with Gasteiger partial charge < -0.3 is 4.74 Å². The van der Waals surface area contributed by atoms with E-state index < -0.39 is 11.7 Å². The summed E-state index contributed by atoms with van der Waals surface area (Å²) in [5.74, 6) is 0. The van der Waals surface area contributed by atoms with Crippen molar-refractivity contribution in [3.63, 3.8) is 0 Å². The molecule has 6 heteroatoms. The van der Waals surface area contributed by atoms with Crippen LogP contribution in [0, 0.1) is 0 Å². The monoisotopic (exact) mass is 284 g/mol. The van der Waals surface area contributed by atoms with Crippen molar-refractivity contribution in [2.45, 2.75) is 26.4 Å². The Balaban J connectivity index is 2.11. The summed E-state index contributed by atoms with van der Waals surface area (Å²) >= 11 is 0. The van der Waals surface area contributed by atoms with E-state index >= 15 is 0 Å². The van der Waals surface area contributed by atoms with E-state index in [4.69, 9.17) is 4.74 Å². The van der Waals surface area contributed by atoms with Gasteiger partial charge in [0.15, 0.2) is 0 Å². The first-order valence-electron chi connectivity index (χ1n) is 6.73. The minimum absolute atomic E-state index is 0.394. The van der Waals surface area contributed by atoms with E-state index in [0.29, 0.717) is 6.54 Å². The Hall–Kier alpha value is -2.50. The lowest BCUT2D eigenvalue weighted by atomic mass is 10.2. The van der Waals surface area contributed by atoms with Gasteiger partial charge >= 0.3 is 6.09 Å². The molecule has 3 rings (SSSR count). The van der Waals surface area contributed by atoms with E-state index in [1.165, 1.54) is 0 Å². The number of aromatic nitrogens is 2. The molecule has 1 amide bonds. The van der Waals surface area contributed by atoms with E-state index in [-0.39, 0.29) is 0 Å². The number of nitrogens with zero attached hydrogens (tertiary/aromatic N) is 4. The van der Waals surface area contributed by atoms with Crippen LogP contribution >= 0.6 is 0 Å². The predicted molar refractivity (Wildman–Crippen MR) is 76.4 cm³/mol. The fraction of sp³-hybridized carbons (Fsp3) is 0.333. The average molecular weight is 284 g/mol. The summed E-state index contributed by atoms with van der Waals surface area (Å²) in [7, 11) is 0. The lowest BCUT2D eigenvalue weighted by molar-refractivity contribution is 0.0368. The zero-order valence-corrected chi connectivity index (χ0v) is 12.2. The van der Waals surface area contributed by atoms with Gasteiger partial charge in [0.05, 0.1) is 29.1 Å². The third-order valence-electron chi connectivity index (χ3n) is 3.01. The summed E-state index contributed by atoms with van der Waals surface area (Å²) < 4.78 is 5.48. The molecule has 0 N–H and O–H groups in total. The van der Waals surface area contributed by atoms with E-state index in [1.54, 1.807) is 17.3 Å². The summed E-state index contributed by atoms with van der Waals surface area (Å²) in [5.41, 5.74) is 0.894. The molecule has 0 aromatic carbocycles. The minimum atomic E-state index is -0.549. The van der Waals surface area contributed by atoms with Gasteiger partial charge in [-0.15, -0.1) is 0 Å². The van der Waals surface area contributed by atoms with Crippen LogP contribution < -0.4 is 10.6 Å². The number of carbonyl (C=O) groups is 1. The summed E-state index contributed by atoms with van der Waals surface area (Å²) in [6.45, 7) is 5.97. The molecule has 108 valence electrons. The van der Waals surface area contributed by atoms with Crippen molar-refractivity contribution in [3.05, 3.63) is 46.9 Å². The largest absolute Gasteiger partial charge is 0.443 e. The van der Waals surface area contributed by atoms with E-state index in [9.17, 15) is 4.79 Å². The third-order valence-corrected chi connectivity index (χ3v) is 3.01. The molecule has 6 nitrogen and oxygen atoms in total. The zero-order chi connectivity index (χ0) is 15.0. The molecule has 0 spiro atoms. The predicted octanol–water partition coefficient (Wildman–Crippen LogP) is 0.909. The second-order valence-electron chi connectivity index (χ2n) is 5.82. The first-order valence-corrected chi connectivity index (χ1v) is 6.73. The Bertz CT molecular complexity index is 772. The fourth-order valence-electron chi connectivity index (χ4n) is 2.21. The molecule has 2 aliphatic heterocycles. The number of rotatable bonds is 0. The molecule has 0 fully saturated rings. The van der Waals surface area contributed by atoms with Crippen molar-refractivity contribution in [2.75, 3.05) is 6.54 Å². The average Bonchev–Trinajstić information content (AvgIpc) is 2.62. The second kappa shape index (κ2) is 4.80. The molecule has 0 radical (unpaired) electrons. The maximum atomic E-state index is 12.5. The second-order valence-corrected chi connectivity index (χ2v) is 5.82. The van der Waals surface area contributed by atoms with Gasteiger partial charge in [0.1, 0.15) is 5.60 Å². The lowest BCUT2D eigenvalue weighted by Gasteiger charge is -2.27. The SMILES string of the molecule is CC(C)(C)OC(=O)N1CC=CC=C2N=c3cnncc3=C21. The topological polar surface area (TPSA) is 67.7 Å². The Kier molecular flexibility index (Phi) is 3.08. The molecule has 0 aliphatic carbocycles. The molecule has 0 saturated carbocycles. The van der Waals surface area contributed by atoms with Crippen LogP contribution in [0.15, 0.2) is 41.3 Å². The number of fused-ring (bicyclic) bond motifs is 2. The molecular formula is C15H16N4O2. The Morgan fingerprint density at radius 2 is 2.05 bits per heavy atom. The maximum Gasteiger partial charge on any atom is 0.415 e. The number of ether oxygens (including phenoxy) is 1. The maximum absolute atomic E-state index is 12.5. The lowest BCUT2D eigenvalue weighted by Crippen LogP contribution is -2.39. The van der Waals surface area contributed by atoms with Crippen molar-refractivity contribution < 1.29 is 9.53 Å². The van der Waals surface area contributed by atoms with Crippen molar-refractivity contribution in [2.24, 2.45) is 4.99 Å². The first-order chi connectivity index (χ1) is 9.96. The van der Waals surface area contributed by atoms with Gasteiger partial charge in [-0.1, -0.05) is 12.2 Å². The number of allylic oxidation sites excluding steroid dienone is 2. The highest BCUT2D eigenvalue weighted by atomic mass is 16.6. The van der Waals surface area contributed by atoms with Crippen LogP contribution in [0.25, 0.3) is 5.70 Å². The van der Waals surface area contributed by atoms with Crippen molar-refractivity contribution in [3.8, 4) is 0 Å². The zero-order valence-electron chi connectivity index (χ0n) is 12.2. The van der Waals surface area contributed by atoms with Gasteiger partial charge in [0.2, 0.25) is 0 Å². The molecule has 21 heavy (non-hydrogen) atoms. The van der Waals surface area contributed by atoms with Crippen LogP contribution in [0.5, 0.6) is 0 Å². The number of hydrogen-bond donors (Lipinski definition) is 0. The molecular weight excluding hydrogens is 268 g/mol. The molecule has 0 atom stereocenters. The third kappa shape index (κ3) is 2.56. The van der Waals surface area contributed by atoms with Crippen LogP contribution in [0.1, 0.15) is 20.8 Å². The number of hydrogen-bond acceptors (Lipinski definition) is 5. The van der Waals surface area contributed by atoms with Gasteiger partial charge in [-0.05, 0) is 26.8 Å². The summed E-state index contributed by atoms with van der Waals surface area (Å²) in [6, 6.07) is 0. The van der Waals surface area contributed by atoms with E-state index in [2.05, 4.69) is 15.2 Å². The Labute approximate surface area is 122 Å². The van der Waals surface area contributed by atoms with Gasteiger partial charge in [-0.3, -0.25) is 4.90 Å². The molecule has 0 unspecified atom stereocenters. The normalized spacial score (nSPS) is 16.6. The first kappa shape index (κ1) is 13.5. The molecule has 1 aromatic heterocycles. The Morgan fingerprint density at radius 1 is 1.29 bits per heavy atom. The smallest absolute Gasteiger partial charge is 0.415 e. The highest BCUT2D eigenvalue weighted by Crippen LogP contribution is 2.23. The van der Waals surface area contributed by atoms with E-state index in [1.807, 2.05) is 39.0 Å². The summed E-state index contributed by atoms with van der Waals surface area (Å²) in [5, 5.41) is 9.23. The quantitative estimate of drug-likeness (QED) is 0.710. The van der Waals surface area contributed by atoms with Crippen LogP contribution in [0.3, 0.4) is 0 Å². The van der Waals surface area contributed by atoms with Crippen molar-refractivity contribution >= 4 is 11.8 Å². The van der Waals surface area contributed by atoms with Gasteiger partial charge in [0.25, 0.3) is 0 Å². The van der Waals surface area contributed by atoms with E-state index in [0.717, 1.165) is 22.0 Å². The highest BCUT2D eigenvalue weighted by molar-refractivity contribution is 5.83. The highest BCUT2D eigenvalue weighted by Gasteiger charge is 2.29. The molecule has 0 bridgehead atoms. The van der Waals surface area contributed by atoms with Crippen LogP contribution in [0.4, 0.5) is 4.79 Å². The molecule has 1 aromatic rings. The fourth-order valence-corrected chi connectivity index (χ4v) is 2.21. The van der Waals surface area contributed by atoms with Crippen molar-refractivity contribution in [1.29, 1.82) is 0 Å².